The van der Waals surface area contributed by atoms with Gasteiger partial charge in [-0.2, -0.15) is 0 Å². The summed E-state index contributed by atoms with van der Waals surface area (Å²) in [6.45, 7) is 4.40. The highest BCUT2D eigenvalue weighted by Gasteiger charge is 2.36. The van der Waals surface area contributed by atoms with Crippen LogP contribution in [0.15, 0.2) is 54.7 Å². The number of aryl methyl sites for hydroxylation is 1. The Morgan fingerprint density at radius 2 is 1.94 bits per heavy atom. The van der Waals surface area contributed by atoms with Crippen molar-refractivity contribution in [3.63, 3.8) is 0 Å². The van der Waals surface area contributed by atoms with Crippen molar-refractivity contribution in [3.05, 3.63) is 60.3 Å². The van der Waals surface area contributed by atoms with E-state index in [0.717, 1.165) is 45.6 Å². The third kappa shape index (κ3) is 4.12. The maximum absolute atomic E-state index is 13.4. The van der Waals surface area contributed by atoms with E-state index in [1.54, 1.807) is 0 Å². The van der Waals surface area contributed by atoms with Crippen LogP contribution >= 0.6 is 0 Å². The number of nitrogens with one attached hydrogen (secondary N) is 3. The number of carbonyl (C=O) groups excluding carboxylic acids is 1. The van der Waals surface area contributed by atoms with Gasteiger partial charge in [-0.25, -0.2) is 0 Å². The number of benzene rings is 2. The molecule has 3 N–H and O–H groups in total. The SMILES string of the molecule is CNCCC(=O)C(C1CCc2ccccc2N1)N1CCN(c2cccc3[nH]ccc23)CC1. The molecule has 6 heteroatoms. The van der Waals surface area contributed by atoms with Crippen LogP contribution in [0.2, 0.25) is 0 Å². The number of Topliss-reactive ketones (excluding diaryl/α,β-unsaturated/α-hetero) is 1. The molecular weight excluding hydrogens is 398 g/mol. The number of carbonyl (C=O) groups is 1. The van der Waals surface area contributed by atoms with Gasteiger partial charge >= 0.3 is 0 Å². The number of hydrogen-bond acceptors (Lipinski definition) is 5. The Bertz CT molecular complexity index is 1070. The molecule has 32 heavy (non-hydrogen) atoms. The van der Waals surface area contributed by atoms with E-state index >= 15 is 0 Å². The van der Waals surface area contributed by atoms with Crippen LogP contribution < -0.4 is 15.5 Å². The molecule has 1 saturated heterocycles. The zero-order valence-electron chi connectivity index (χ0n) is 18.8. The smallest absolute Gasteiger partial charge is 0.153 e. The molecule has 2 aliphatic rings. The van der Waals surface area contributed by atoms with Crippen LogP contribution in [-0.2, 0) is 11.2 Å². The van der Waals surface area contributed by atoms with Crippen molar-refractivity contribution in [2.75, 3.05) is 50.0 Å². The van der Waals surface area contributed by atoms with Gasteiger partial charge in [0.05, 0.1) is 6.04 Å². The Morgan fingerprint density at radius 1 is 1.09 bits per heavy atom. The van der Waals surface area contributed by atoms with E-state index in [4.69, 9.17) is 0 Å². The molecule has 0 radical (unpaired) electrons. The number of nitrogens with zero attached hydrogens (tertiary/aromatic N) is 2. The van der Waals surface area contributed by atoms with Crippen LogP contribution in [0.1, 0.15) is 18.4 Å². The fourth-order valence-corrected chi connectivity index (χ4v) is 5.36. The second kappa shape index (κ2) is 9.35. The van der Waals surface area contributed by atoms with Gasteiger partial charge in [0.1, 0.15) is 0 Å². The highest BCUT2D eigenvalue weighted by Crippen LogP contribution is 2.30. The summed E-state index contributed by atoms with van der Waals surface area (Å²) >= 11 is 0. The van der Waals surface area contributed by atoms with Crippen molar-refractivity contribution in [1.82, 2.24) is 15.2 Å². The van der Waals surface area contributed by atoms with Crippen LogP contribution in [0.25, 0.3) is 10.9 Å². The second-order valence-electron chi connectivity index (χ2n) is 8.95. The molecule has 3 aromatic rings. The first-order chi connectivity index (χ1) is 15.7. The quantitative estimate of drug-likeness (QED) is 0.536. The summed E-state index contributed by atoms with van der Waals surface area (Å²) in [7, 11) is 1.91. The molecule has 2 atom stereocenters. The van der Waals surface area contributed by atoms with Gasteiger partial charge in [0.25, 0.3) is 0 Å². The van der Waals surface area contributed by atoms with Crippen LogP contribution in [-0.4, -0.2) is 67.5 Å². The Hall–Kier alpha value is -2.83. The van der Waals surface area contributed by atoms with Crippen LogP contribution in [0.3, 0.4) is 0 Å². The minimum Gasteiger partial charge on any atom is -0.380 e. The van der Waals surface area contributed by atoms with Crippen molar-refractivity contribution >= 4 is 28.1 Å². The molecule has 5 rings (SSSR count). The summed E-state index contributed by atoms with van der Waals surface area (Å²) in [4.78, 5) is 21.6. The van der Waals surface area contributed by atoms with Crippen LogP contribution in [0, 0.1) is 0 Å². The molecular formula is C26H33N5O. The van der Waals surface area contributed by atoms with E-state index in [1.165, 1.54) is 27.8 Å². The van der Waals surface area contributed by atoms with E-state index in [0.29, 0.717) is 12.2 Å². The summed E-state index contributed by atoms with van der Waals surface area (Å²) < 4.78 is 0. The molecule has 0 spiro atoms. The first-order valence-corrected chi connectivity index (χ1v) is 11.8. The number of hydrogen-bond donors (Lipinski definition) is 3. The number of ketones is 1. The van der Waals surface area contributed by atoms with Crippen molar-refractivity contribution in [1.29, 1.82) is 0 Å². The molecule has 2 aliphatic heterocycles. The monoisotopic (exact) mass is 431 g/mol. The lowest BCUT2D eigenvalue weighted by atomic mass is 9.89. The molecule has 3 heterocycles. The van der Waals surface area contributed by atoms with E-state index in [9.17, 15) is 4.79 Å². The average molecular weight is 432 g/mol. The fourth-order valence-electron chi connectivity index (χ4n) is 5.36. The molecule has 2 aromatic carbocycles. The molecule has 1 fully saturated rings. The number of fused-ring (bicyclic) bond motifs is 2. The molecule has 0 saturated carbocycles. The Labute approximate surface area is 190 Å². The molecule has 0 aliphatic carbocycles. The van der Waals surface area contributed by atoms with Gasteiger partial charge in [-0.3, -0.25) is 9.69 Å². The van der Waals surface area contributed by atoms with Gasteiger partial charge in [-0.05, 0) is 49.7 Å². The van der Waals surface area contributed by atoms with Crippen molar-refractivity contribution in [2.24, 2.45) is 0 Å². The minimum atomic E-state index is -0.0816. The number of H-pyrrole nitrogens is 1. The van der Waals surface area contributed by atoms with E-state index in [2.05, 4.69) is 73.9 Å². The first kappa shape index (κ1) is 21.0. The van der Waals surface area contributed by atoms with Gasteiger partial charge in [0.2, 0.25) is 0 Å². The lowest BCUT2D eigenvalue weighted by Gasteiger charge is -2.44. The largest absolute Gasteiger partial charge is 0.380 e. The van der Waals surface area contributed by atoms with Crippen LogP contribution in [0.4, 0.5) is 11.4 Å². The summed E-state index contributed by atoms with van der Waals surface area (Å²) in [5, 5.41) is 8.13. The first-order valence-electron chi connectivity index (χ1n) is 11.8. The van der Waals surface area contributed by atoms with E-state index in [-0.39, 0.29) is 12.1 Å². The third-order valence-electron chi connectivity index (χ3n) is 7.04. The summed E-state index contributed by atoms with van der Waals surface area (Å²) in [6, 6.07) is 17.2. The summed E-state index contributed by atoms with van der Waals surface area (Å²) in [5.41, 5.74) is 5.00. The number of para-hydroxylation sites is 1. The molecule has 0 bridgehead atoms. The number of rotatable bonds is 7. The predicted octanol–water partition coefficient (Wildman–Crippen LogP) is 3.26. The summed E-state index contributed by atoms with van der Waals surface area (Å²) in [5.74, 6) is 0.345. The Balaban J connectivity index is 1.33. The zero-order chi connectivity index (χ0) is 21.9. The lowest BCUT2D eigenvalue weighted by Crippen LogP contribution is -2.59. The van der Waals surface area contributed by atoms with Gasteiger partial charge in [-0.15, -0.1) is 0 Å². The van der Waals surface area contributed by atoms with Crippen LogP contribution in [0.5, 0.6) is 0 Å². The molecule has 168 valence electrons. The van der Waals surface area contributed by atoms with Gasteiger partial charge in [0, 0.05) is 73.7 Å². The highest BCUT2D eigenvalue weighted by atomic mass is 16.1. The third-order valence-corrected chi connectivity index (χ3v) is 7.04. The topological polar surface area (TPSA) is 63.4 Å². The standard InChI is InChI=1S/C26H33N5O/c1-27-13-12-25(32)26(23-10-9-19-5-2-3-6-21(19)29-23)31-17-15-30(16-18-31)24-8-4-7-22-20(24)11-14-28-22/h2-8,11,14,23,26-29H,9-10,12-13,15-18H2,1H3. The molecule has 2 unspecified atom stereocenters. The number of aromatic nitrogens is 1. The Kier molecular flexibility index (Phi) is 6.14. The molecule has 0 amide bonds. The molecule has 6 nitrogen and oxygen atoms in total. The van der Waals surface area contributed by atoms with Crippen molar-refractivity contribution in [2.45, 2.75) is 31.3 Å². The van der Waals surface area contributed by atoms with Gasteiger partial charge in [0.15, 0.2) is 5.78 Å². The van der Waals surface area contributed by atoms with Crippen molar-refractivity contribution < 1.29 is 4.79 Å². The highest BCUT2D eigenvalue weighted by molar-refractivity contribution is 5.92. The van der Waals surface area contributed by atoms with Crippen molar-refractivity contribution in [3.8, 4) is 0 Å². The lowest BCUT2D eigenvalue weighted by molar-refractivity contribution is -0.125. The summed E-state index contributed by atoms with van der Waals surface area (Å²) in [6.07, 6.45) is 4.60. The maximum atomic E-state index is 13.4. The number of aromatic amines is 1. The van der Waals surface area contributed by atoms with Gasteiger partial charge in [-0.1, -0.05) is 24.3 Å². The predicted molar refractivity (Wildman–Crippen MR) is 132 cm³/mol. The zero-order valence-corrected chi connectivity index (χ0v) is 18.8. The normalized spacial score (nSPS) is 20.0. The fraction of sp³-hybridized carbons (Fsp3) is 0.423. The number of piperazine rings is 1. The Morgan fingerprint density at radius 3 is 2.78 bits per heavy atom. The van der Waals surface area contributed by atoms with E-state index in [1.807, 2.05) is 13.2 Å². The maximum Gasteiger partial charge on any atom is 0.153 e. The minimum absolute atomic E-state index is 0.0816. The number of anilines is 2. The average Bonchev–Trinajstić information content (AvgIpc) is 3.32. The van der Waals surface area contributed by atoms with E-state index < -0.39 is 0 Å². The van der Waals surface area contributed by atoms with Gasteiger partial charge < -0.3 is 20.5 Å². The molecule has 1 aromatic heterocycles. The second-order valence-corrected chi connectivity index (χ2v) is 8.95.